The Balaban J connectivity index is 1.73. The van der Waals surface area contributed by atoms with Crippen molar-refractivity contribution in [2.45, 2.75) is 63.0 Å². The second kappa shape index (κ2) is 3.19. The second-order valence-corrected chi connectivity index (χ2v) is 5.00. The fourth-order valence-electron chi connectivity index (χ4n) is 3.21. The second-order valence-electron chi connectivity index (χ2n) is 5.00. The summed E-state index contributed by atoms with van der Waals surface area (Å²) < 4.78 is 11.7. The number of piperidine rings is 1. The van der Waals surface area contributed by atoms with Gasteiger partial charge in [-0.15, -0.1) is 0 Å². The molecule has 3 aliphatic heterocycles. The van der Waals surface area contributed by atoms with Gasteiger partial charge in [0.2, 0.25) is 0 Å². The first kappa shape index (κ1) is 9.13. The molecule has 3 heterocycles. The predicted octanol–water partition coefficient (Wildman–Crippen LogP) is 1.42. The Kier molecular flexibility index (Phi) is 2.08. The SMILES string of the molecule is CCC1OCC2(CC3CCC(C2)N3)O1. The molecule has 0 amide bonds. The molecule has 0 aliphatic carbocycles. The lowest BCUT2D eigenvalue weighted by molar-refractivity contribution is -0.103. The zero-order chi connectivity index (χ0) is 9.60. The summed E-state index contributed by atoms with van der Waals surface area (Å²) in [4.78, 5) is 0. The van der Waals surface area contributed by atoms with Crippen molar-refractivity contribution in [3.8, 4) is 0 Å². The summed E-state index contributed by atoms with van der Waals surface area (Å²) in [6, 6.07) is 1.38. The molecular formula is C11H19NO2. The molecule has 3 nitrogen and oxygen atoms in total. The molecule has 3 saturated heterocycles. The summed E-state index contributed by atoms with van der Waals surface area (Å²) in [6.07, 6.45) is 6.00. The van der Waals surface area contributed by atoms with Gasteiger partial charge in [-0.25, -0.2) is 0 Å². The van der Waals surface area contributed by atoms with E-state index in [9.17, 15) is 0 Å². The van der Waals surface area contributed by atoms with Crippen LogP contribution in [0.2, 0.25) is 0 Å². The first-order valence-corrected chi connectivity index (χ1v) is 5.85. The van der Waals surface area contributed by atoms with Crippen molar-refractivity contribution >= 4 is 0 Å². The molecule has 80 valence electrons. The standard InChI is InChI=1S/C11H19NO2/c1-2-10-13-7-11(14-10)5-8-3-4-9(6-11)12-8/h8-10,12H,2-7H2,1H3. The Hall–Kier alpha value is -0.120. The molecule has 3 aliphatic rings. The molecule has 14 heavy (non-hydrogen) atoms. The largest absolute Gasteiger partial charge is 0.350 e. The lowest BCUT2D eigenvalue weighted by atomic mass is 9.88. The summed E-state index contributed by atoms with van der Waals surface area (Å²) in [7, 11) is 0. The molecule has 3 unspecified atom stereocenters. The van der Waals surface area contributed by atoms with E-state index in [1.54, 1.807) is 0 Å². The van der Waals surface area contributed by atoms with Crippen LogP contribution in [-0.4, -0.2) is 30.6 Å². The molecule has 0 aromatic rings. The third kappa shape index (κ3) is 1.38. The highest BCUT2D eigenvalue weighted by Gasteiger charge is 2.49. The Bertz CT molecular complexity index is 219. The summed E-state index contributed by atoms with van der Waals surface area (Å²) in [5.74, 6) is 0. The Morgan fingerprint density at radius 1 is 1.29 bits per heavy atom. The van der Waals surface area contributed by atoms with Crippen LogP contribution in [0.3, 0.4) is 0 Å². The van der Waals surface area contributed by atoms with E-state index in [1.807, 2.05) is 0 Å². The van der Waals surface area contributed by atoms with Gasteiger partial charge in [0.25, 0.3) is 0 Å². The van der Waals surface area contributed by atoms with Gasteiger partial charge in [0.1, 0.15) is 0 Å². The number of nitrogens with one attached hydrogen (secondary N) is 1. The van der Waals surface area contributed by atoms with Crippen LogP contribution in [0.5, 0.6) is 0 Å². The van der Waals surface area contributed by atoms with Crippen molar-refractivity contribution in [2.24, 2.45) is 0 Å². The number of rotatable bonds is 1. The van der Waals surface area contributed by atoms with Crippen LogP contribution in [0.4, 0.5) is 0 Å². The third-order valence-electron chi connectivity index (χ3n) is 3.82. The van der Waals surface area contributed by atoms with Crippen LogP contribution < -0.4 is 5.32 Å². The summed E-state index contributed by atoms with van der Waals surface area (Å²) in [5, 5.41) is 3.64. The monoisotopic (exact) mass is 197 g/mol. The Labute approximate surface area is 85.1 Å². The first-order valence-electron chi connectivity index (χ1n) is 5.85. The quantitative estimate of drug-likeness (QED) is 0.689. The molecular weight excluding hydrogens is 178 g/mol. The maximum atomic E-state index is 6.06. The molecule has 0 aromatic carbocycles. The lowest BCUT2D eigenvalue weighted by Gasteiger charge is -2.36. The molecule has 0 saturated carbocycles. The average Bonchev–Trinajstić information content (AvgIpc) is 2.72. The van der Waals surface area contributed by atoms with Crippen LogP contribution in [0, 0.1) is 0 Å². The molecule has 1 N–H and O–H groups in total. The van der Waals surface area contributed by atoms with Gasteiger partial charge in [0.05, 0.1) is 12.2 Å². The van der Waals surface area contributed by atoms with Crippen LogP contribution >= 0.6 is 0 Å². The van der Waals surface area contributed by atoms with E-state index in [1.165, 1.54) is 12.8 Å². The van der Waals surface area contributed by atoms with Gasteiger partial charge in [0, 0.05) is 12.1 Å². The topological polar surface area (TPSA) is 30.5 Å². The van der Waals surface area contributed by atoms with E-state index in [4.69, 9.17) is 9.47 Å². The van der Waals surface area contributed by atoms with Crippen LogP contribution in [0.15, 0.2) is 0 Å². The molecule has 0 radical (unpaired) electrons. The van der Waals surface area contributed by atoms with Gasteiger partial charge in [-0.2, -0.15) is 0 Å². The lowest BCUT2D eigenvalue weighted by Crippen LogP contribution is -2.50. The number of hydrogen-bond acceptors (Lipinski definition) is 3. The summed E-state index contributed by atoms with van der Waals surface area (Å²) in [5.41, 5.74) is 0.0672. The molecule has 3 heteroatoms. The average molecular weight is 197 g/mol. The van der Waals surface area contributed by atoms with Crippen molar-refractivity contribution in [3.05, 3.63) is 0 Å². The van der Waals surface area contributed by atoms with E-state index in [2.05, 4.69) is 12.2 Å². The molecule has 0 aromatic heterocycles. The predicted molar refractivity (Wildman–Crippen MR) is 53.0 cm³/mol. The Morgan fingerprint density at radius 3 is 2.57 bits per heavy atom. The van der Waals surface area contributed by atoms with Crippen molar-refractivity contribution in [2.75, 3.05) is 6.61 Å². The highest BCUT2D eigenvalue weighted by molar-refractivity contribution is 5.02. The normalized spacial score (nSPS) is 51.6. The van der Waals surface area contributed by atoms with E-state index in [-0.39, 0.29) is 11.9 Å². The molecule has 3 fully saturated rings. The van der Waals surface area contributed by atoms with Crippen molar-refractivity contribution in [1.82, 2.24) is 5.32 Å². The fraction of sp³-hybridized carbons (Fsp3) is 1.00. The molecule has 1 spiro atoms. The zero-order valence-corrected chi connectivity index (χ0v) is 8.79. The molecule has 3 atom stereocenters. The number of hydrogen-bond donors (Lipinski definition) is 1. The smallest absolute Gasteiger partial charge is 0.158 e. The first-order chi connectivity index (χ1) is 6.80. The van der Waals surface area contributed by atoms with Crippen molar-refractivity contribution in [1.29, 1.82) is 0 Å². The van der Waals surface area contributed by atoms with Gasteiger partial charge in [-0.1, -0.05) is 6.92 Å². The van der Waals surface area contributed by atoms with Crippen molar-refractivity contribution in [3.63, 3.8) is 0 Å². The van der Waals surface area contributed by atoms with E-state index in [0.717, 1.165) is 25.9 Å². The fourth-order valence-corrected chi connectivity index (χ4v) is 3.21. The molecule has 2 bridgehead atoms. The van der Waals surface area contributed by atoms with Gasteiger partial charge in [-0.3, -0.25) is 0 Å². The van der Waals surface area contributed by atoms with Gasteiger partial charge in [-0.05, 0) is 32.1 Å². The Morgan fingerprint density at radius 2 is 2.00 bits per heavy atom. The number of ether oxygens (including phenoxy) is 2. The minimum atomic E-state index is 0.0625. The van der Waals surface area contributed by atoms with Crippen LogP contribution in [0.25, 0.3) is 0 Å². The minimum absolute atomic E-state index is 0.0625. The van der Waals surface area contributed by atoms with Crippen molar-refractivity contribution < 1.29 is 9.47 Å². The van der Waals surface area contributed by atoms with E-state index >= 15 is 0 Å². The summed E-state index contributed by atoms with van der Waals surface area (Å²) in [6.45, 7) is 2.94. The highest BCUT2D eigenvalue weighted by atomic mass is 16.7. The van der Waals surface area contributed by atoms with E-state index < -0.39 is 0 Å². The molecule has 3 rings (SSSR count). The highest BCUT2D eigenvalue weighted by Crippen LogP contribution is 2.41. The van der Waals surface area contributed by atoms with Gasteiger partial charge in [0.15, 0.2) is 6.29 Å². The van der Waals surface area contributed by atoms with Crippen LogP contribution in [0.1, 0.15) is 39.0 Å². The maximum Gasteiger partial charge on any atom is 0.158 e. The zero-order valence-electron chi connectivity index (χ0n) is 8.79. The number of fused-ring (bicyclic) bond motifs is 2. The van der Waals surface area contributed by atoms with Gasteiger partial charge >= 0.3 is 0 Å². The maximum absolute atomic E-state index is 6.06. The van der Waals surface area contributed by atoms with E-state index in [0.29, 0.717) is 12.1 Å². The van der Waals surface area contributed by atoms with Crippen LogP contribution in [-0.2, 0) is 9.47 Å². The van der Waals surface area contributed by atoms with Gasteiger partial charge < -0.3 is 14.8 Å². The summed E-state index contributed by atoms with van der Waals surface area (Å²) >= 11 is 0. The third-order valence-corrected chi connectivity index (χ3v) is 3.82. The minimum Gasteiger partial charge on any atom is -0.350 e.